The van der Waals surface area contributed by atoms with E-state index >= 15 is 0 Å². The number of hydrogen-bond donors (Lipinski definition) is 3. The molecule has 2 aliphatic carbocycles. The second kappa shape index (κ2) is 5.87. The molecule has 142 valence electrons. The van der Waals surface area contributed by atoms with Crippen LogP contribution < -0.4 is 15.8 Å². The summed E-state index contributed by atoms with van der Waals surface area (Å²) in [5.41, 5.74) is 8.90. The van der Waals surface area contributed by atoms with Crippen LogP contribution in [0, 0.1) is 11.3 Å². The van der Waals surface area contributed by atoms with Gasteiger partial charge in [0.25, 0.3) is 0 Å². The predicted molar refractivity (Wildman–Crippen MR) is 102 cm³/mol. The molecule has 1 spiro atoms. The van der Waals surface area contributed by atoms with Gasteiger partial charge >= 0.3 is 0 Å². The lowest BCUT2D eigenvalue weighted by Crippen LogP contribution is -2.43. The topological polar surface area (TPSA) is 113 Å². The summed E-state index contributed by atoms with van der Waals surface area (Å²) >= 11 is 0. The highest BCUT2D eigenvalue weighted by Gasteiger charge is 2.62. The van der Waals surface area contributed by atoms with Crippen LogP contribution >= 0.6 is 0 Å². The molecule has 0 saturated carbocycles. The van der Waals surface area contributed by atoms with Gasteiger partial charge in [-0.2, -0.15) is 4.98 Å². The van der Waals surface area contributed by atoms with Gasteiger partial charge in [0.2, 0.25) is 11.9 Å². The summed E-state index contributed by atoms with van der Waals surface area (Å²) in [5.74, 6) is 0.953. The molecule has 5 rings (SSSR count). The standard InChI is InChI=1S/C18H22N6O2S/c1-2-15(25)24-8-10-6-18(12-5-11(12)13(18)9-24)3-4-21-27(26)14-7-20-17(19)23-16(14)22-10/h2,7,10,13,21H,1,3-6,8-9H2,(H3,19,20,22,23). The van der Waals surface area contributed by atoms with Gasteiger partial charge in [-0.3, -0.25) is 4.79 Å². The van der Waals surface area contributed by atoms with E-state index in [2.05, 4.69) is 26.6 Å². The highest BCUT2D eigenvalue weighted by Crippen LogP contribution is 2.69. The van der Waals surface area contributed by atoms with Crippen molar-refractivity contribution in [2.45, 2.75) is 30.2 Å². The van der Waals surface area contributed by atoms with Crippen molar-refractivity contribution < 1.29 is 9.00 Å². The molecular weight excluding hydrogens is 364 g/mol. The Morgan fingerprint density at radius 2 is 2.33 bits per heavy atom. The molecule has 0 radical (unpaired) electrons. The van der Waals surface area contributed by atoms with Gasteiger partial charge in [0, 0.05) is 37.0 Å². The zero-order chi connectivity index (χ0) is 18.8. The highest BCUT2D eigenvalue weighted by atomic mass is 32.2. The van der Waals surface area contributed by atoms with E-state index in [1.165, 1.54) is 17.8 Å². The number of allylic oxidation sites excluding steroid dienone is 1. The lowest BCUT2D eigenvalue weighted by Gasteiger charge is -2.44. The fourth-order valence-electron chi connectivity index (χ4n) is 5.15. The Kier molecular flexibility index (Phi) is 3.67. The van der Waals surface area contributed by atoms with Crippen molar-refractivity contribution in [3.63, 3.8) is 0 Å². The first kappa shape index (κ1) is 16.9. The minimum atomic E-state index is -1.41. The first-order valence-electron chi connectivity index (χ1n) is 9.20. The van der Waals surface area contributed by atoms with E-state index in [4.69, 9.17) is 5.73 Å². The van der Waals surface area contributed by atoms with Crippen LogP contribution in [0.2, 0.25) is 0 Å². The fraction of sp³-hybridized carbons (Fsp3) is 0.500. The van der Waals surface area contributed by atoms with Gasteiger partial charge in [-0.15, -0.1) is 0 Å². The lowest BCUT2D eigenvalue weighted by atomic mass is 9.62. The van der Waals surface area contributed by atoms with E-state index in [1.54, 1.807) is 5.57 Å². The van der Waals surface area contributed by atoms with Crippen LogP contribution in [-0.2, 0) is 15.8 Å². The van der Waals surface area contributed by atoms with Crippen LogP contribution in [0.15, 0.2) is 34.9 Å². The van der Waals surface area contributed by atoms with E-state index < -0.39 is 11.0 Å². The van der Waals surface area contributed by atoms with Crippen LogP contribution in [0.1, 0.15) is 19.3 Å². The molecule has 9 heteroatoms. The van der Waals surface area contributed by atoms with Crippen LogP contribution in [0.4, 0.5) is 11.8 Å². The van der Waals surface area contributed by atoms with Crippen LogP contribution in [0.5, 0.6) is 0 Å². The lowest BCUT2D eigenvalue weighted by molar-refractivity contribution is -0.126. The summed E-state index contributed by atoms with van der Waals surface area (Å²) < 4.78 is 15.8. The number of nitrogens with zero attached hydrogens (tertiary/aromatic N) is 3. The number of rotatable bonds is 1. The van der Waals surface area contributed by atoms with E-state index in [-0.39, 0.29) is 23.3 Å². The number of anilines is 2. The molecule has 4 aliphatic rings. The number of amides is 1. The molecule has 0 aromatic carbocycles. The zero-order valence-corrected chi connectivity index (χ0v) is 15.7. The first-order valence-corrected chi connectivity index (χ1v) is 10.3. The Bertz CT molecular complexity index is 915. The second-order valence-electron chi connectivity index (χ2n) is 7.74. The summed E-state index contributed by atoms with van der Waals surface area (Å²) in [5, 5.41) is 3.42. The van der Waals surface area contributed by atoms with Crippen LogP contribution in [0.25, 0.3) is 0 Å². The van der Waals surface area contributed by atoms with E-state index in [0.29, 0.717) is 29.7 Å². The molecule has 8 nitrogen and oxygen atoms in total. The van der Waals surface area contributed by atoms with Crippen LogP contribution in [-0.4, -0.2) is 50.7 Å². The molecule has 27 heavy (non-hydrogen) atoms. The largest absolute Gasteiger partial charge is 0.368 e. The smallest absolute Gasteiger partial charge is 0.246 e. The van der Waals surface area contributed by atoms with Crippen LogP contribution in [0.3, 0.4) is 0 Å². The third kappa shape index (κ3) is 2.52. The molecule has 1 aromatic heterocycles. The number of aromatic nitrogens is 2. The van der Waals surface area contributed by atoms with Gasteiger partial charge in [0.1, 0.15) is 21.7 Å². The zero-order valence-electron chi connectivity index (χ0n) is 14.9. The van der Waals surface area contributed by atoms with Crippen molar-refractivity contribution in [3.05, 3.63) is 30.0 Å². The van der Waals surface area contributed by atoms with Crippen molar-refractivity contribution in [3.8, 4) is 0 Å². The van der Waals surface area contributed by atoms with E-state index in [1.807, 2.05) is 4.90 Å². The Labute approximate surface area is 159 Å². The number of hydrogen-bond acceptors (Lipinski definition) is 6. The molecule has 1 amide bonds. The maximum Gasteiger partial charge on any atom is 0.246 e. The van der Waals surface area contributed by atoms with Gasteiger partial charge in [-0.25, -0.2) is 13.9 Å². The minimum Gasteiger partial charge on any atom is -0.368 e. The Morgan fingerprint density at radius 3 is 3.15 bits per heavy atom. The summed E-state index contributed by atoms with van der Waals surface area (Å²) in [6.45, 7) is 5.59. The molecule has 2 bridgehead atoms. The predicted octanol–water partition coefficient (Wildman–Crippen LogP) is 0.590. The fourth-order valence-corrected chi connectivity index (χ4v) is 6.02. The molecular formula is C18H22N6O2S. The minimum absolute atomic E-state index is 0.00306. The van der Waals surface area contributed by atoms with E-state index in [0.717, 1.165) is 25.8 Å². The third-order valence-electron chi connectivity index (χ3n) is 6.38. The molecule has 1 saturated heterocycles. The maximum absolute atomic E-state index is 12.7. The molecule has 1 fully saturated rings. The monoisotopic (exact) mass is 386 g/mol. The van der Waals surface area contributed by atoms with Crippen molar-refractivity contribution >= 4 is 28.7 Å². The average molecular weight is 386 g/mol. The highest BCUT2D eigenvalue weighted by molar-refractivity contribution is 7.83. The molecule has 2 aliphatic heterocycles. The number of nitrogens with one attached hydrogen (secondary N) is 2. The number of carbonyl (C=O) groups excluding carboxylic acids is 1. The molecule has 1 aromatic rings. The summed E-state index contributed by atoms with van der Waals surface area (Å²) in [7, 11) is -1.41. The first-order chi connectivity index (χ1) is 13.0. The number of carbonyl (C=O) groups is 1. The molecule has 3 heterocycles. The Balaban J connectivity index is 1.56. The quantitative estimate of drug-likeness (QED) is 0.481. The summed E-state index contributed by atoms with van der Waals surface area (Å²) in [4.78, 5) is 23.1. The SMILES string of the molecule is C=CC(=O)N1CC2CC3(CCNS(=O)c4cnc(N)nc4N2)C2=C(C2)C3C1. The Morgan fingerprint density at radius 1 is 1.48 bits per heavy atom. The normalized spacial score (nSPS) is 34.1. The average Bonchev–Trinajstić information content (AvgIpc) is 3.40. The number of fused-ring (bicyclic) bond motifs is 3. The van der Waals surface area contributed by atoms with Gasteiger partial charge in [-0.05, 0) is 25.3 Å². The molecule has 4 unspecified atom stereocenters. The van der Waals surface area contributed by atoms with Crippen molar-refractivity contribution in [2.75, 3.05) is 30.7 Å². The summed E-state index contributed by atoms with van der Waals surface area (Å²) in [6.07, 6.45) is 5.81. The maximum atomic E-state index is 12.7. The van der Waals surface area contributed by atoms with Crippen molar-refractivity contribution in [2.24, 2.45) is 11.3 Å². The van der Waals surface area contributed by atoms with Gasteiger partial charge in [-0.1, -0.05) is 17.7 Å². The van der Waals surface area contributed by atoms with Crippen molar-refractivity contribution in [1.82, 2.24) is 19.6 Å². The van der Waals surface area contributed by atoms with Gasteiger partial charge < -0.3 is 16.0 Å². The van der Waals surface area contributed by atoms with Crippen molar-refractivity contribution in [1.29, 1.82) is 0 Å². The van der Waals surface area contributed by atoms with Gasteiger partial charge in [0.05, 0.1) is 6.20 Å². The number of nitrogens with two attached hydrogens (primary N) is 1. The number of likely N-dealkylation sites (tertiary alicyclic amines) is 1. The molecule has 4 N–H and O–H groups in total. The third-order valence-corrected chi connectivity index (χ3v) is 7.54. The molecule has 4 atom stereocenters. The summed E-state index contributed by atoms with van der Waals surface area (Å²) in [6, 6.07) is -0.00306. The Hall–Kier alpha value is -2.26. The van der Waals surface area contributed by atoms with Gasteiger partial charge in [0.15, 0.2) is 0 Å². The second-order valence-corrected chi connectivity index (χ2v) is 9.00. The van der Waals surface area contributed by atoms with E-state index in [9.17, 15) is 9.00 Å². The number of nitrogen functional groups attached to an aromatic ring is 1.